The summed E-state index contributed by atoms with van der Waals surface area (Å²) in [4.78, 5) is 68.8. The van der Waals surface area contributed by atoms with Crippen LogP contribution in [-0.2, 0) is 9.53 Å². The van der Waals surface area contributed by atoms with E-state index < -0.39 is 46.9 Å². The quantitative estimate of drug-likeness (QED) is 0.0680. The van der Waals surface area contributed by atoms with Crippen molar-refractivity contribution < 1.29 is 43.7 Å². The third-order valence-electron chi connectivity index (χ3n) is 8.10. The molecule has 5 aromatic rings. The summed E-state index contributed by atoms with van der Waals surface area (Å²) in [6.07, 6.45) is -2.57. The van der Waals surface area contributed by atoms with Crippen LogP contribution < -0.4 is 4.74 Å². The molecule has 0 radical (unpaired) electrons. The molecule has 2 N–H and O–H groups in total. The molecule has 264 valence electrons. The molecule has 0 aromatic heterocycles. The van der Waals surface area contributed by atoms with Gasteiger partial charge in [0.2, 0.25) is 11.6 Å². The minimum atomic E-state index is -2.71. The number of aliphatic hydroxyl groups excluding tert-OH is 1. The Morgan fingerprint density at radius 2 is 1.10 bits per heavy atom. The number of ketones is 4. The van der Waals surface area contributed by atoms with Gasteiger partial charge in [-0.05, 0) is 86.1 Å². The van der Waals surface area contributed by atoms with E-state index in [9.17, 15) is 34.2 Å². The molecule has 3 unspecified atom stereocenters. The smallest absolute Gasteiger partial charge is 0.339 e. The molecule has 9 nitrogen and oxygen atoms in total. The van der Waals surface area contributed by atoms with Crippen LogP contribution in [0.2, 0.25) is 10.0 Å². The number of hydrogen-bond donors (Lipinski definition) is 2. The average molecular weight is 740 g/mol. The Bertz CT molecular complexity index is 2120. The SMILES string of the molecule is CC(O)COc1ccc(C(OC(=O)c2ccccc2C(=O)c2ccc(Cl)cc2)C(C)(O)C(=O)C(=O)c2ccccc2C(=O)c2ccc(Cl)cc2)cc1. The number of aliphatic hydroxyl groups is 2. The molecule has 11 heteroatoms. The zero-order valence-electron chi connectivity index (χ0n) is 27.9. The first-order valence-electron chi connectivity index (χ1n) is 16.0. The third-order valence-corrected chi connectivity index (χ3v) is 8.60. The topological polar surface area (TPSA) is 144 Å². The highest BCUT2D eigenvalue weighted by molar-refractivity contribution is 6.47. The summed E-state index contributed by atoms with van der Waals surface area (Å²) in [5, 5.41) is 22.4. The largest absolute Gasteiger partial charge is 0.491 e. The van der Waals surface area contributed by atoms with Crippen LogP contribution in [0.4, 0.5) is 0 Å². The normalized spacial score (nSPS) is 13.3. The summed E-state index contributed by atoms with van der Waals surface area (Å²) in [5.41, 5.74) is -2.73. The number of rotatable bonds is 14. The van der Waals surface area contributed by atoms with Gasteiger partial charge in [0.25, 0.3) is 0 Å². The average Bonchev–Trinajstić information content (AvgIpc) is 3.15. The van der Waals surface area contributed by atoms with E-state index in [1.807, 2.05) is 0 Å². The Labute approximate surface area is 309 Å². The number of benzene rings is 5. The van der Waals surface area contributed by atoms with Crippen molar-refractivity contribution in [1.82, 2.24) is 0 Å². The molecule has 0 saturated carbocycles. The highest BCUT2D eigenvalue weighted by Crippen LogP contribution is 2.35. The van der Waals surface area contributed by atoms with Gasteiger partial charge in [-0.1, -0.05) is 77.8 Å². The molecular weight excluding hydrogens is 707 g/mol. The van der Waals surface area contributed by atoms with Gasteiger partial charge in [0.15, 0.2) is 23.3 Å². The monoisotopic (exact) mass is 738 g/mol. The summed E-state index contributed by atoms with van der Waals surface area (Å²) < 4.78 is 11.4. The molecule has 0 saturated heterocycles. The maximum Gasteiger partial charge on any atom is 0.339 e. The summed E-state index contributed by atoms with van der Waals surface area (Å²) >= 11 is 12.0. The minimum absolute atomic E-state index is 0.0188. The van der Waals surface area contributed by atoms with Gasteiger partial charge in [0, 0.05) is 37.9 Å². The van der Waals surface area contributed by atoms with Crippen LogP contribution in [0.1, 0.15) is 78.1 Å². The lowest BCUT2D eigenvalue weighted by molar-refractivity contribution is -0.143. The number of halogens is 2. The number of carbonyl (C=O) groups excluding carboxylic acids is 5. The van der Waals surface area contributed by atoms with Gasteiger partial charge < -0.3 is 19.7 Å². The molecule has 5 rings (SSSR count). The van der Waals surface area contributed by atoms with Crippen LogP contribution in [0.25, 0.3) is 0 Å². The molecule has 0 aliphatic heterocycles. The van der Waals surface area contributed by atoms with E-state index in [2.05, 4.69) is 0 Å². The van der Waals surface area contributed by atoms with Crippen LogP contribution in [0.5, 0.6) is 5.75 Å². The Hall–Kier alpha value is -5.45. The van der Waals surface area contributed by atoms with Gasteiger partial charge in [-0.2, -0.15) is 0 Å². The zero-order valence-corrected chi connectivity index (χ0v) is 29.4. The van der Waals surface area contributed by atoms with E-state index in [0.29, 0.717) is 15.8 Å². The lowest BCUT2D eigenvalue weighted by Gasteiger charge is -2.31. The lowest BCUT2D eigenvalue weighted by Crippen LogP contribution is -2.47. The van der Waals surface area contributed by atoms with Crippen molar-refractivity contribution in [2.45, 2.75) is 31.7 Å². The fourth-order valence-electron chi connectivity index (χ4n) is 5.36. The summed E-state index contributed by atoms with van der Waals surface area (Å²) in [6.45, 7) is 2.55. The first kappa shape index (κ1) is 37.8. The molecule has 0 bridgehead atoms. The van der Waals surface area contributed by atoms with Gasteiger partial charge in [0.05, 0.1) is 11.7 Å². The number of Topliss-reactive ketones (excluding diaryl/α,β-unsaturated/α-hetero) is 2. The molecule has 3 atom stereocenters. The van der Waals surface area contributed by atoms with Crippen molar-refractivity contribution in [3.05, 3.63) is 170 Å². The van der Waals surface area contributed by atoms with E-state index in [1.54, 1.807) is 13.0 Å². The standard InChI is InChI=1S/C41H32Cl2O9/c1-24(44)23-51-30-21-15-27(16-22-30)39(52-40(49)34-10-6-5-9-33(34)36(46)26-13-19-29(43)20-14-26)41(2,50)38(48)37(47)32-8-4-3-7-31(32)35(45)25-11-17-28(42)18-12-25/h3-22,24,39,44,50H,23H2,1-2H3. The minimum Gasteiger partial charge on any atom is -0.491 e. The highest BCUT2D eigenvalue weighted by Gasteiger charge is 2.47. The second kappa shape index (κ2) is 16.3. The second-order valence-electron chi connectivity index (χ2n) is 12.1. The fourth-order valence-corrected chi connectivity index (χ4v) is 5.61. The number of ether oxygens (including phenoxy) is 2. The first-order valence-corrected chi connectivity index (χ1v) is 16.8. The van der Waals surface area contributed by atoms with Crippen molar-refractivity contribution in [3.8, 4) is 5.75 Å². The summed E-state index contributed by atoms with van der Waals surface area (Å²) in [6, 6.07) is 29.3. The Kier molecular flexibility index (Phi) is 11.8. The molecule has 52 heavy (non-hydrogen) atoms. The van der Waals surface area contributed by atoms with Gasteiger partial charge in [0.1, 0.15) is 12.4 Å². The number of hydrogen-bond acceptors (Lipinski definition) is 9. The molecule has 0 aliphatic rings. The van der Waals surface area contributed by atoms with E-state index in [-0.39, 0.29) is 45.6 Å². The first-order chi connectivity index (χ1) is 24.8. The third kappa shape index (κ3) is 8.53. The molecule has 5 aromatic carbocycles. The van der Waals surface area contributed by atoms with E-state index in [4.69, 9.17) is 32.7 Å². The van der Waals surface area contributed by atoms with Crippen molar-refractivity contribution in [2.75, 3.05) is 6.61 Å². The van der Waals surface area contributed by atoms with E-state index >= 15 is 0 Å². The predicted molar refractivity (Wildman–Crippen MR) is 194 cm³/mol. The van der Waals surface area contributed by atoms with Crippen LogP contribution >= 0.6 is 23.2 Å². The number of carbonyl (C=O) groups is 5. The van der Waals surface area contributed by atoms with E-state index in [0.717, 1.165) is 6.92 Å². The van der Waals surface area contributed by atoms with Crippen molar-refractivity contribution in [2.24, 2.45) is 0 Å². The Morgan fingerprint density at radius 1 is 0.654 bits per heavy atom. The molecule has 0 spiro atoms. The van der Waals surface area contributed by atoms with Crippen LogP contribution in [0.3, 0.4) is 0 Å². The Balaban J connectivity index is 1.52. The van der Waals surface area contributed by atoms with Crippen LogP contribution in [-0.4, -0.2) is 57.6 Å². The van der Waals surface area contributed by atoms with Crippen LogP contribution in [0, 0.1) is 0 Å². The maximum atomic E-state index is 14.0. The number of esters is 1. The van der Waals surface area contributed by atoms with Gasteiger partial charge in [-0.15, -0.1) is 0 Å². The fraction of sp³-hybridized carbons (Fsp3) is 0.146. The van der Waals surface area contributed by atoms with Crippen molar-refractivity contribution in [3.63, 3.8) is 0 Å². The lowest BCUT2D eigenvalue weighted by atomic mass is 9.83. The second-order valence-corrected chi connectivity index (χ2v) is 13.0. The predicted octanol–water partition coefficient (Wildman–Crippen LogP) is 7.32. The zero-order chi connectivity index (χ0) is 37.6. The molecule has 0 aliphatic carbocycles. The molecule has 0 fully saturated rings. The van der Waals surface area contributed by atoms with Gasteiger partial charge >= 0.3 is 5.97 Å². The highest BCUT2D eigenvalue weighted by atomic mass is 35.5. The van der Waals surface area contributed by atoms with Gasteiger partial charge in [-0.3, -0.25) is 19.2 Å². The van der Waals surface area contributed by atoms with Gasteiger partial charge in [-0.25, -0.2) is 4.79 Å². The molecular formula is C41H32Cl2O9. The maximum absolute atomic E-state index is 14.0. The van der Waals surface area contributed by atoms with E-state index in [1.165, 1.54) is 115 Å². The molecule has 0 heterocycles. The molecule has 0 amide bonds. The van der Waals surface area contributed by atoms with Crippen molar-refractivity contribution in [1.29, 1.82) is 0 Å². The van der Waals surface area contributed by atoms with Crippen LogP contribution in [0.15, 0.2) is 121 Å². The Morgan fingerprint density at radius 3 is 1.58 bits per heavy atom. The van der Waals surface area contributed by atoms with Crippen molar-refractivity contribution >= 4 is 52.3 Å². The summed E-state index contributed by atoms with van der Waals surface area (Å²) in [7, 11) is 0. The summed E-state index contributed by atoms with van der Waals surface area (Å²) in [5.74, 6) is -4.41.